The second-order valence-electron chi connectivity index (χ2n) is 5.57. The average molecular weight is 560 g/mol. The summed E-state index contributed by atoms with van der Waals surface area (Å²) in [5.74, 6) is -0.313. The second-order valence-corrected chi connectivity index (χ2v) is 7.73. The molecule has 0 saturated heterocycles. The van der Waals surface area contributed by atoms with Crippen molar-refractivity contribution in [2.75, 3.05) is 5.75 Å². The lowest BCUT2D eigenvalue weighted by molar-refractivity contribution is -0.192. The number of hydrogen-bond acceptors (Lipinski definition) is 6. The maximum absolute atomic E-state index is 12.1. The number of alkyl halides is 4. The van der Waals surface area contributed by atoms with Gasteiger partial charge in [0.15, 0.2) is 0 Å². The number of nitrogens with two attached hydrogens (primary N) is 1. The molecule has 0 aliphatic heterocycles. The number of ether oxygens (including phenoxy) is 1. The van der Waals surface area contributed by atoms with Gasteiger partial charge in [-0.15, -0.1) is 6.42 Å². The molecule has 0 fully saturated rings. The van der Waals surface area contributed by atoms with Crippen molar-refractivity contribution in [3.63, 3.8) is 0 Å². The molecule has 7 nitrogen and oxygen atoms in total. The smallest absolute Gasteiger partial charge is 0.475 e. The van der Waals surface area contributed by atoms with E-state index in [0.29, 0.717) is 5.75 Å². The summed E-state index contributed by atoms with van der Waals surface area (Å²) in [5.41, 5.74) is 6.66. The van der Waals surface area contributed by atoms with E-state index in [0.717, 1.165) is 11.3 Å². The number of nitrogens with one attached hydrogen (secondary N) is 1. The maximum atomic E-state index is 12.1. The molecule has 0 aromatic heterocycles. The Balaban J connectivity index is 0.00000103. The Labute approximate surface area is 189 Å². The minimum atomic E-state index is -5.08. The van der Waals surface area contributed by atoms with Crippen LogP contribution in [0.25, 0.3) is 0 Å². The van der Waals surface area contributed by atoms with Crippen LogP contribution in [0.3, 0.4) is 0 Å². The average Bonchev–Trinajstić information content (AvgIpc) is 2.67. The number of hydrogen-bond donors (Lipinski definition) is 3. The molecule has 0 spiro atoms. The van der Waals surface area contributed by atoms with Crippen LogP contribution < -0.4 is 11.1 Å². The van der Waals surface area contributed by atoms with Crippen molar-refractivity contribution in [3.8, 4) is 12.3 Å². The number of benzene rings is 1. The maximum Gasteiger partial charge on any atom is 0.490 e. The molecule has 0 heterocycles. The van der Waals surface area contributed by atoms with Gasteiger partial charge in [-0.3, -0.25) is 4.79 Å². The van der Waals surface area contributed by atoms with E-state index in [1.807, 2.05) is 52.9 Å². The van der Waals surface area contributed by atoms with Crippen molar-refractivity contribution in [2.45, 2.75) is 35.0 Å². The molecule has 1 aromatic rings. The van der Waals surface area contributed by atoms with Crippen LogP contribution >= 0.6 is 34.4 Å². The number of carboxylic acid groups (broad SMARTS) is 1. The molecule has 1 amide bonds. The Bertz CT molecular complexity index is 742. The summed E-state index contributed by atoms with van der Waals surface area (Å²) < 4.78 is 36.2. The molecule has 0 aliphatic carbocycles. The molecule has 1 aromatic carbocycles. The van der Waals surface area contributed by atoms with E-state index in [1.54, 1.807) is 6.92 Å². The summed E-state index contributed by atoms with van der Waals surface area (Å²) in [4.78, 5) is 32.8. The molecule has 30 heavy (non-hydrogen) atoms. The lowest BCUT2D eigenvalue weighted by Gasteiger charge is -2.19. The number of carbonyl (C=O) groups is 3. The molecule has 166 valence electrons. The highest BCUT2D eigenvalue weighted by atomic mass is 127. The predicted molar refractivity (Wildman–Crippen MR) is 115 cm³/mol. The van der Waals surface area contributed by atoms with Gasteiger partial charge in [0.2, 0.25) is 10.0 Å². The van der Waals surface area contributed by atoms with E-state index in [2.05, 4.69) is 11.2 Å². The number of aliphatic carboxylic acids is 1. The Morgan fingerprint density at radius 2 is 1.87 bits per heavy atom. The fraction of sp³-hybridized carbons (Fsp3) is 0.389. The third-order valence-corrected chi connectivity index (χ3v) is 4.72. The van der Waals surface area contributed by atoms with Gasteiger partial charge < -0.3 is 20.9 Å². The standard InChI is InChI=1S/C16H19IN2O3S.C2HF3O2/c1-3-14(17)22-16(21)13(19-15(20)11(2)18)10-23-9-12-7-5-4-6-8-12;3-2(4,5)1(6)7/h1,4-8,11,13-14H,9-10,18H2,2H3,(H,19,20);(H,6,7)/t11-,13-,14?;/m0./s1. The van der Waals surface area contributed by atoms with Crippen molar-refractivity contribution in [1.29, 1.82) is 0 Å². The van der Waals surface area contributed by atoms with E-state index in [1.165, 1.54) is 11.8 Å². The van der Waals surface area contributed by atoms with Gasteiger partial charge in [0, 0.05) is 11.5 Å². The molecule has 0 bridgehead atoms. The highest BCUT2D eigenvalue weighted by Crippen LogP contribution is 2.15. The first-order valence-electron chi connectivity index (χ1n) is 8.16. The molecule has 1 rings (SSSR count). The molecule has 1 unspecified atom stereocenters. The first kappa shape index (κ1) is 28.0. The SMILES string of the molecule is C#CC(I)OC(=O)[C@H](CSCc1ccccc1)NC(=O)[C@H](C)N.O=C(O)C(F)(F)F. The Kier molecular flexibility index (Phi) is 13.2. The van der Waals surface area contributed by atoms with Crippen LogP contribution in [-0.4, -0.2) is 51.1 Å². The van der Waals surface area contributed by atoms with E-state index in [4.69, 9.17) is 26.8 Å². The van der Waals surface area contributed by atoms with Crippen LogP contribution in [0.5, 0.6) is 0 Å². The zero-order valence-electron chi connectivity index (χ0n) is 15.7. The summed E-state index contributed by atoms with van der Waals surface area (Å²) in [6.45, 7) is 1.55. The number of carbonyl (C=O) groups excluding carboxylic acids is 2. The molecule has 0 radical (unpaired) electrons. The third-order valence-electron chi connectivity index (χ3n) is 3.00. The zero-order valence-corrected chi connectivity index (χ0v) is 18.7. The Hall–Kier alpha value is -1.98. The topological polar surface area (TPSA) is 119 Å². The lowest BCUT2D eigenvalue weighted by atomic mass is 10.2. The van der Waals surface area contributed by atoms with Crippen molar-refractivity contribution in [3.05, 3.63) is 35.9 Å². The van der Waals surface area contributed by atoms with Gasteiger partial charge in [-0.2, -0.15) is 24.9 Å². The van der Waals surface area contributed by atoms with Crippen LogP contribution in [0.15, 0.2) is 30.3 Å². The summed E-state index contributed by atoms with van der Waals surface area (Å²) >= 11 is 3.35. The largest absolute Gasteiger partial charge is 0.490 e. The predicted octanol–water partition coefficient (Wildman–Crippen LogP) is 2.32. The van der Waals surface area contributed by atoms with Crippen LogP contribution in [-0.2, 0) is 24.9 Å². The minimum absolute atomic E-state index is 0.375. The number of rotatable bonds is 8. The van der Waals surface area contributed by atoms with Crippen molar-refractivity contribution in [1.82, 2.24) is 5.32 Å². The van der Waals surface area contributed by atoms with Gasteiger partial charge in [-0.05, 0) is 35.1 Å². The monoisotopic (exact) mass is 560 g/mol. The van der Waals surface area contributed by atoms with Gasteiger partial charge >= 0.3 is 18.1 Å². The van der Waals surface area contributed by atoms with E-state index >= 15 is 0 Å². The fourth-order valence-corrected chi connectivity index (χ4v) is 2.81. The molecule has 12 heteroatoms. The first-order chi connectivity index (χ1) is 13.9. The molecular formula is C18H20F3IN2O5S. The van der Waals surface area contributed by atoms with Crippen LogP contribution in [0.4, 0.5) is 13.2 Å². The van der Waals surface area contributed by atoms with E-state index in [9.17, 15) is 22.8 Å². The first-order valence-corrected chi connectivity index (χ1v) is 10.6. The van der Waals surface area contributed by atoms with Crippen LogP contribution in [0.1, 0.15) is 12.5 Å². The number of carboxylic acids is 1. The highest BCUT2D eigenvalue weighted by Gasteiger charge is 2.38. The van der Waals surface area contributed by atoms with Crippen LogP contribution in [0, 0.1) is 12.3 Å². The van der Waals surface area contributed by atoms with Gasteiger partial charge in [0.1, 0.15) is 6.04 Å². The number of thioether (sulfide) groups is 1. The summed E-state index contributed by atoms with van der Waals surface area (Å²) in [6, 6.07) is 8.36. The van der Waals surface area contributed by atoms with E-state index in [-0.39, 0.29) is 0 Å². The number of terminal acetylenes is 1. The third kappa shape index (κ3) is 12.6. The zero-order chi connectivity index (χ0) is 23.3. The Morgan fingerprint density at radius 3 is 2.30 bits per heavy atom. The number of esters is 1. The second kappa shape index (κ2) is 14.1. The highest BCUT2D eigenvalue weighted by molar-refractivity contribution is 14.1. The van der Waals surface area contributed by atoms with Gasteiger partial charge in [0.25, 0.3) is 0 Å². The lowest BCUT2D eigenvalue weighted by Crippen LogP contribution is -2.49. The van der Waals surface area contributed by atoms with Crippen molar-refractivity contribution < 1.29 is 37.4 Å². The Morgan fingerprint density at radius 1 is 1.33 bits per heavy atom. The van der Waals surface area contributed by atoms with Crippen LogP contribution in [0.2, 0.25) is 0 Å². The summed E-state index contributed by atoms with van der Waals surface area (Å²) in [5, 5.41) is 9.73. The summed E-state index contributed by atoms with van der Waals surface area (Å²) in [7, 11) is 0. The summed E-state index contributed by atoms with van der Waals surface area (Å²) in [6.07, 6.45) is 0.115. The van der Waals surface area contributed by atoms with Gasteiger partial charge in [-0.1, -0.05) is 36.3 Å². The number of halogens is 4. The number of amides is 1. The van der Waals surface area contributed by atoms with Crippen molar-refractivity contribution in [2.24, 2.45) is 5.73 Å². The fourth-order valence-electron chi connectivity index (χ4n) is 1.56. The minimum Gasteiger partial charge on any atom is -0.475 e. The van der Waals surface area contributed by atoms with Gasteiger partial charge in [0.05, 0.1) is 6.04 Å². The molecule has 0 saturated carbocycles. The van der Waals surface area contributed by atoms with Crippen molar-refractivity contribution >= 4 is 52.2 Å². The quantitative estimate of drug-likeness (QED) is 0.193. The molecule has 4 N–H and O–H groups in total. The molecule has 3 atom stereocenters. The van der Waals surface area contributed by atoms with Gasteiger partial charge in [-0.25, -0.2) is 9.59 Å². The molecule has 0 aliphatic rings. The molecular weight excluding hydrogens is 540 g/mol. The normalized spacial score (nSPS) is 13.5. The van der Waals surface area contributed by atoms with E-state index < -0.39 is 40.2 Å².